The number of aromatic nitrogens is 2. The Bertz CT molecular complexity index is 737. The summed E-state index contributed by atoms with van der Waals surface area (Å²) in [7, 11) is 1.35. The molecular weight excluding hydrogens is 280 g/mol. The molecule has 0 atom stereocenters. The van der Waals surface area contributed by atoms with E-state index in [1.165, 1.54) is 11.7 Å². The zero-order valence-corrected chi connectivity index (χ0v) is 12.2. The minimum Gasteiger partial charge on any atom is -0.452 e. The van der Waals surface area contributed by atoms with E-state index in [1.807, 2.05) is 36.4 Å². The van der Waals surface area contributed by atoms with Crippen LogP contribution in [0.5, 0.6) is 0 Å². The Morgan fingerprint density at radius 2 is 2.00 bits per heavy atom. The van der Waals surface area contributed by atoms with Crippen molar-refractivity contribution in [3.63, 3.8) is 0 Å². The minimum absolute atomic E-state index is 0.438. The molecule has 1 aromatic rings. The highest BCUT2D eigenvalue weighted by atomic mass is 16.5. The van der Waals surface area contributed by atoms with Gasteiger partial charge in [0.2, 0.25) is 0 Å². The van der Waals surface area contributed by atoms with Crippen molar-refractivity contribution in [2.45, 2.75) is 13.2 Å². The predicted octanol–water partition coefficient (Wildman–Crippen LogP) is 3.32. The van der Waals surface area contributed by atoms with Crippen LogP contribution in [0.1, 0.15) is 11.1 Å². The van der Waals surface area contributed by atoms with Gasteiger partial charge in [-0.2, -0.15) is 0 Å². The van der Waals surface area contributed by atoms with Crippen LogP contribution in [-0.4, -0.2) is 22.8 Å². The number of hydrogen-bond acceptors (Lipinski definition) is 4. The Morgan fingerprint density at radius 1 is 1.18 bits per heavy atom. The van der Waals surface area contributed by atoms with Crippen molar-refractivity contribution in [3.05, 3.63) is 66.1 Å². The van der Waals surface area contributed by atoms with Crippen molar-refractivity contribution in [2.75, 3.05) is 7.11 Å². The van der Waals surface area contributed by atoms with Gasteiger partial charge < -0.3 is 9.47 Å². The Labute approximate surface area is 128 Å². The minimum atomic E-state index is -0.438. The lowest BCUT2D eigenvalue weighted by molar-refractivity contribution is 0.107. The molecule has 0 spiro atoms. The first-order valence-electron chi connectivity index (χ1n) is 6.93. The van der Waals surface area contributed by atoms with E-state index >= 15 is 0 Å². The quantitative estimate of drug-likeness (QED) is 0.741. The highest BCUT2D eigenvalue weighted by Crippen LogP contribution is 2.25. The molecule has 0 fully saturated rings. The molecule has 0 aromatic heterocycles. The average Bonchev–Trinajstić information content (AvgIpc) is 2.97. The van der Waals surface area contributed by atoms with Gasteiger partial charge in [-0.3, -0.25) is 9.55 Å². The van der Waals surface area contributed by atoms with Crippen LogP contribution in [0.3, 0.4) is 0 Å². The Morgan fingerprint density at radius 3 is 2.77 bits per heavy atom. The maximum absolute atomic E-state index is 11.5. The average molecular weight is 296 g/mol. The molecule has 0 unspecified atom stereocenters. The molecule has 22 heavy (non-hydrogen) atoms. The van der Waals surface area contributed by atoms with Gasteiger partial charge in [-0.15, -0.1) is 0 Å². The van der Waals surface area contributed by atoms with Gasteiger partial charge in [0.05, 0.1) is 26.0 Å². The summed E-state index contributed by atoms with van der Waals surface area (Å²) in [5.74, 6) is 0. The number of hydrogen-bond donors (Lipinski definition) is 0. The summed E-state index contributed by atoms with van der Waals surface area (Å²) in [5, 5.41) is 0. The van der Waals surface area contributed by atoms with Crippen molar-refractivity contribution in [3.8, 4) is 11.3 Å². The van der Waals surface area contributed by atoms with E-state index < -0.39 is 6.09 Å². The summed E-state index contributed by atoms with van der Waals surface area (Å²) >= 11 is 0. The SMILES string of the molecule is COC(=O)n1ccc2c(COCc3ccccc3)cnc-2c1. The first-order chi connectivity index (χ1) is 10.8. The number of benzene rings is 1. The standard InChI is InChI=1S/C17H16N2O3/c1-21-17(20)19-8-7-15-14(9-18-16(15)10-19)12-22-11-13-5-3-2-4-6-13/h2-10H,11-12H2,1H3. The molecule has 1 aromatic carbocycles. The number of nitrogens with zero attached hydrogens (tertiary/aromatic N) is 2. The second-order valence-corrected chi connectivity index (χ2v) is 4.88. The van der Waals surface area contributed by atoms with Crippen molar-refractivity contribution < 1.29 is 14.3 Å². The number of methoxy groups -OCH3 is 1. The van der Waals surface area contributed by atoms with Gasteiger partial charge in [0.1, 0.15) is 0 Å². The molecule has 2 aliphatic heterocycles. The number of rotatable bonds is 4. The van der Waals surface area contributed by atoms with Gasteiger partial charge in [0.25, 0.3) is 0 Å². The molecule has 112 valence electrons. The number of carbonyl (C=O) groups excluding carboxylic acids is 1. The molecule has 0 amide bonds. The Balaban J connectivity index is 1.69. The molecule has 5 nitrogen and oxygen atoms in total. The van der Waals surface area contributed by atoms with Gasteiger partial charge in [-0.05, 0) is 11.6 Å². The Kier molecular flexibility index (Phi) is 4.16. The van der Waals surface area contributed by atoms with Gasteiger partial charge in [-0.25, -0.2) is 4.79 Å². The van der Waals surface area contributed by atoms with Crippen molar-refractivity contribution in [1.82, 2.24) is 9.55 Å². The van der Waals surface area contributed by atoms with Crippen LogP contribution in [0, 0.1) is 0 Å². The first kappa shape index (κ1) is 14.3. The lowest BCUT2D eigenvalue weighted by Crippen LogP contribution is -2.11. The van der Waals surface area contributed by atoms with Crippen LogP contribution in [0.4, 0.5) is 4.79 Å². The molecule has 0 bridgehead atoms. The van der Waals surface area contributed by atoms with Crippen LogP contribution in [0.25, 0.3) is 11.3 Å². The normalized spacial score (nSPS) is 10.8. The summed E-state index contributed by atoms with van der Waals surface area (Å²) in [4.78, 5) is 15.8. The molecule has 2 aliphatic rings. The molecule has 5 heteroatoms. The van der Waals surface area contributed by atoms with E-state index in [-0.39, 0.29) is 0 Å². The van der Waals surface area contributed by atoms with E-state index in [0.717, 1.165) is 22.4 Å². The van der Waals surface area contributed by atoms with Crippen LogP contribution in [-0.2, 0) is 22.7 Å². The zero-order chi connectivity index (χ0) is 15.4. The van der Waals surface area contributed by atoms with Gasteiger partial charge in [0.15, 0.2) is 0 Å². The third-order valence-electron chi connectivity index (χ3n) is 3.40. The Hall–Kier alpha value is -2.66. The number of fused-ring (bicyclic) bond motifs is 1. The monoisotopic (exact) mass is 296 g/mol. The van der Waals surface area contributed by atoms with Crippen LogP contribution >= 0.6 is 0 Å². The molecule has 3 rings (SSSR count). The van der Waals surface area contributed by atoms with E-state index in [0.29, 0.717) is 13.2 Å². The smallest absolute Gasteiger partial charge is 0.417 e. The van der Waals surface area contributed by atoms with Crippen molar-refractivity contribution >= 4 is 6.09 Å². The van der Waals surface area contributed by atoms with Crippen LogP contribution < -0.4 is 0 Å². The summed E-state index contributed by atoms with van der Waals surface area (Å²) < 4.78 is 11.8. The molecular formula is C17H16N2O3. The first-order valence-corrected chi connectivity index (χ1v) is 6.93. The summed E-state index contributed by atoms with van der Waals surface area (Å²) in [6.45, 7) is 1.04. The highest BCUT2D eigenvalue weighted by molar-refractivity contribution is 5.74. The summed E-state index contributed by atoms with van der Waals surface area (Å²) in [6.07, 6.45) is 4.65. The molecule has 0 saturated carbocycles. The molecule has 0 radical (unpaired) electrons. The molecule has 0 saturated heterocycles. The molecule has 2 heterocycles. The van der Waals surface area contributed by atoms with E-state index in [4.69, 9.17) is 4.74 Å². The zero-order valence-electron chi connectivity index (χ0n) is 12.2. The second kappa shape index (κ2) is 6.41. The van der Waals surface area contributed by atoms with E-state index in [9.17, 15) is 4.79 Å². The van der Waals surface area contributed by atoms with E-state index in [1.54, 1.807) is 18.6 Å². The summed E-state index contributed by atoms with van der Waals surface area (Å²) in [6, 6.07) is 11.9. The largest absolute Gasteiger partial charge is 0.452 e. The lowest BCUT2D eigenvalue weighted by atomic mass is 10.1. The fourth-order valence-electron chi connectivity index (χ4n) is 2.26. The third-order valence-corrected chi connectivity index (χ3v) is 3.40. The third kappa shape index (κ3) is 2.99. The number of carbonyl (C=O) groups is 1. The number of pyridine rings is 1. The van der Waals surface area contributed by atoms with Gasteiger partial charge in [-0.1, -0.05) is 30.3 Å². The highest BCUT2D eigenvalue weighted by Gasteiger charge is 2.13. The van der Waals surface area contributed by atoms with Gasteiger partial charge in [0, 0.05) is 29.7 Å². The maximum Gasteiger partial charge on any atom is 0.417 e. The second-order valence-electron chi connectivity index (χ2n) is 4.88. The van der Waals surface area contributed by atoms with Crippen LogP contribution in [0.2, 0.25) is 0 Å². The number of ether oxygens (including phenoxy) is 2. The predicted molar refractivity (Wildman–Crippen MR) is 81.6 cm³/mol. The summed E-state index contributed by atoms with van der Waals surface area (Å²) in [5.41, 5.74) is 3.86. The van der Waals surface area contributed by atoms with Crippen molar-refractivity contribution in [2.24, 2.45) is 0 Å². The molecule has 0 N–H and O–H groups in total. The van der Waals surface area contributed by atoms with E-state index in [2.05, 4.69) is 9.72 Å². The molecule has 0 aliphatic carbocycles. The maximum atomic E-state index is 11.5. The lowest BCUT2D eigenvalue weighted by Gasteiger charge is -2.08. The fraction of sp³-hybridized carbons (Fsp3) is 0.176. The van der Waals surface area contributed by atoms with Crippen molar-refractivity contribution in [1.29, 1.82) is 0 Å². The topological polar surface area (TPSA) is 53.4 Å². The fourth-order valence-corrected chi connectivity index (χ4v) is 2.26. The van der Waals surface area contributed by atoms with Crippen LogP contribution in [0.15, 0.2) is 55.0 Å². The van der Waals surface area contributed by atoms with Gasteiger partial charge >= 0.3 is 6.09 Å².